The minimum Gasteiger partial charge on any atom is -0.493 e. The fraction of sp³-hybridized carbons (Fsp3) is 0.727. The summed E-state index contributed by atoms with van der Waals surface area (Å²) in [7, 11) is 7.46. The first kappa shape index (κ1) is 19.0. The molecule has 0 radical (unpaired) electrons. The minimum atomic E-state index is -0.761. The molecule has 1 saturated carbocycles. The molecule has 27 heavy (non-hydrogen) atoms. The van der Waals surface area contributed by atoms with Gasteiger partial charge in [-0.3, -0.25) is 0 Å². The smallest absolute Gasteiger partial charge is 0.208 e. The molecule has 2 unspecified atom stereocenters. The van der Waals surface area contributed by atoms with Crippen LogP contribution in [0.25, 0.3) is 0 Å². The van der Waals surface area contributed by atoms with Gasteiger partial charge in [0.15, 0.2) is 17.6 Å². The number of piperidine rings is 1. The predicted octanol–water partition coefficient (Wildman–Crippen LogP) is 3.37. The van der Waals surface area contributed by atoms with E-state index >= 15 is 0 Å². The molecular weight excluding hydrogens is 342 g/mol. The van der Waals surface area contributed by atoms with Crippen LogP contribution in [0, 0.1) is 18.8 Å². The third-order valence-corrected chi connectivity index (χ3v) is 7.83. The van der Waals surface area contributed by atoms with E-state index in [0.717, 1.165) is 30.9 Å². The molecule has 150 valence electrons. The van der Waals surface area contributed by atoms with Gasteiger partial charge in [0.1, 0.15) is 0 Å². The molecule has 1 aromatic carbocycles. The van der Waals surface area contributed by atoms with Gasteiger partial charge in [0, 0.05) is 37.2 Å². The van der Waals surface area contributed by atoms with Gasteiger partial charge in [0.2, 0.25) is 5.79 Å². The van der Waals surface area contributed by atoms with Crippen LogP contribution >= 0.6 is 0 Å². The Labute approximate surface area is 162 Å². The molecule has 5 heteroatoms. The molecule has 2 aliphatic heterocycles. The van der Waals surface area contributed by atoms with Crippen LogP contribution in [0.5, 0.6) is 11.5 Å². The normalized spacial score (nSPS) is 37.1. The molecule has 5 nitrogen and oxygen atoms in total. The van der Waals surface area contributed by atoms with Crippen molar-refractivity contribution in [2.75, 3.05) is 34.9 Å². The van der Waals surface area contributed by atoms with Crippen molar-refractivity contribution in [2.24, 2.45) is 11.8 Å². The Balaban J connectivity index is 1.99. The monoisotopic (exact) mass is 375 g/mol. The Kier molecular flexibility index (Phi) is 4.48. The fourth-order valence-corrected chi connectivity index (χ4v) is 6.35. The lowest BCUT2D eigenvalue weighted by Gasteiger charge is -2.60. The van der Waals surface area contributed by atoms with E-state index in [1.807, 2.05) is 6.07 Å². The number of rotatable bonds is 3. The molecule has 1 saturated heterocycles. The van der Waals surface area contributed by atoms with Crippen LogP contribution in [0.3, 0.4) is 0 Å². The first-order chi connectivity index (χ1) is 12.9. The summed E-state index contributed by atoms with van der Waals surface area (Å²) < 4.78 is 24.6. The fourth-order valence-electron chi connectivity index (χ4n) is 6.35. The van der Waals surface area contributed by atoms with Crippen molar-refractivity contribution in [3.8, 4) is 11.5 Å². The maximum Gasteiger partial charge on any atom is 0.208 e. The number of methoxy groups -OCH3 is 3. The van der Waals surface area contributed by atoms with Crippen molar-refractivity contribution < 1.29 is 18.9 Å². The average molecular weight is 376 g/mol. The second-order valence-electron chi connectivity index (χ2n) is 8.67. The molecule has 1 aliphatic carbocycles. The number of fused-ring (bicyclic) bond motifs is 1. The number of hydrogen-bond acceptors (Lipinski definition) is 5. The third kappa shape index (κ3) is 2.22. The third-order valence-electron chi connectivity index (χ3n) is 7.83. The quantitative estimate of drug-likeness (QED) is 0.758. The van der Waals surface area contributed by atoms with E-state index in [9.17, 15) is 0 Å². The maximum absolute atomic E-state index is 6.73. The van der Waals surface area contributed by atoms with E-state index in [-0.39, 0.29) is 17.4 Å². The summed E-state index contributed by atoms with van der Waals surface area (Å²) in [5.41, 5.74) is 2.45. The Bertz CT molecular complexity index is 731. The van der Waals surface area contributed by atoms with Gasteiger partial charge < -0.3 is 23.8 Å². The summed E-state index contributed by atoms with van der Waals surface area (Å²) in [5.74, 6) is 1.63. The molecule has 0 aromatic heterocycles. The highest BCUT2D eigenvalue weighted by Gasteiger charge is 2.70. The number of nitrogens with zero attached hydrogens (tertiary/aromatic N) is 1. The summed E-state index contributed by atoms with van der Waals surface area (Å²) >= 11 is 0. The molecule has 5 atom stereocenters. The number of likely N-dealkylation sites (tertiary alicyclic amines) is 1. The summed E-state index contributed by atoms with van der Waals surface area (Å²) in [4.78, 5) is 2.49. The molecule has 3 aliphatic rings. The standard InChI is InChI=1S/C22H33NO4/c1-13-8-9-17(24-5)19-18(13)21-10-11-23(4)15(3)16(21)12-14(2)22(25-6,26-7)20(21)27-19/h8-9,14-16,20H,10-12H2,1-7H3/t14?,15-,16?,20-,21+/m0/s1. The molecule has 0 amide bonds. The lowest BCUT2D eigenvalue weighted by Crippen LogP contribution is -2.71. The van der Waals surface area contributed by atoms with Crippen molar-refractivity contribution in [3.63, 3.8) is 0 Å². The van der Waals surface area contributed by atoms with Crippen molar-refractivity contribution >= 4 is 0 Å². The van der Waals surface area contributed by atoms with Crippen molar-refractivity contribution in [1.82, 2.24) is 4.90 Å². The number of hydrogen-bond donors (Lipinski definition) is 0. The van der Waals surface area contributed by atoms with Gasteiger partial charge in [-0.2, -0.15) is 0 Å². The molecule has 0 bridgehead atoms. The lowest BCUT2D eigenvalue weighted by molar-refractivity contribution is -0.315. The van der Waals surface area contributed by atoms with Crippen LogP contribution in [0.1, 0.15) is 37.8 Å². The highest BCUT2D eigenvalue weighted by atomic mass is 16.7. The zero-order valence-electron chi connectivity index (χ0n) is 17.7. The van der Waals surface area contributed by atoms with E-state index in [1.54, 1.807) is 21.3 Å². The van der Waals surface area contributed by atoms with Crippen LogP contribution in [0.2, 0.25) is 0 Å². The number of ether oxygens (including phenoxy) is 4. The molecule has 4 rings (SSSR count). The summed E-state index contributed by atoms with van der Waals surface area (Å²) in [6, 6.07) is 4.65. The van der Waals surface area contributed by atoms with E-state index in [1.165, 1.54) is 11.1 Å². The number of aryl methyl sites for hydroxylation is 1. The van der Waals surface area contributed by atoms with E-state index in [2.05, 4.69) is 38.8 Å². The predicted molar refractivity (Wildman–Crippen MR) is 105 cm³/mol. The van der Waals surface area contributed by atoms with Gasteiger partial charge >= 0.3 is 0 Å². The minimum absolute atomic E-state index is 0.127. The summed E-state index contributed by atoms with van der Waals surface area (Å²) in [5, 5.41) is 0. The largest absolute Gasteiger partial charge is 0.493 e. The molecule has 0 N–H and O–H groups in total. The van der Waals surface area contributed by atoms with E-state index < -0.39 is 5.79 Å². The van der Waals surface area contributed by atoms with Crippen LogP contribution < -0.4 is 9.47 Å². The first-order valence-corrected chi connectivity index (χ1v) is 10.0. The Morgan fingerprint density at radius 1 is 1.15 bits per heavy atom. The van der Waals surface area contributed by atoms with Gasteiger partial charge in [-0.1, -0.05) is 13.0 Å². The average Bonchev–Trinajstić information content (AvgIpc) is 3.02. The second-order valence-corrected chi connectivity index (χ2v) is 8.67. The summed E-state index contributed by atoms with van der Waals surface area (Å²) in [6.45, 7) is 7.81. The molecule has 1 spiro atoms. The zero-order valence-corrected chi connectivity index (χ0v) is 17.7. The van der Waals surface area contributed by atoms with Crippen molar-refractivity contribution in [3.05, 3.63) is 23.3 Å². The topological polar surface area (TPSA) is 40.2 Å². The highest BCUT2D eigenvalue weighted by Crippen LogP contribution is 2.64. The number of benzene rings is 1. The van der Waals surface area contributed by atoms with Gasteiger partial charge in [-0.25, -0.2) is 0 Å². The Hall–Kier alpha value is -1.30. The zero-order chi connectivity index (χ0) is 19.6. The van der Waals surface area contributed by atoms with Crippen molar-refractivity contribution in [2.45, 2.75) is 57.0 Å². The van der Waals surface area contributed by atoms with Crippen LogP contribution in [0.4, 0.5) is 0 Å². The van der Waals surface area contributed by atoms with Gasteiger partial charge in [0.25, 0.3) is 0 Å². The SMILES string of the molecule is COc1ccc(C)c2c1O[C@@H]1C(OC)(OC)C(C)CC3[C@H](C)N(C)CC[C@]231. The van der Waals surface area contributed by atoms with E-state index in [0.29, 0.717) is 12.0 Å². The molecule has 2 fully saturated rings. The Morgan fingerprint density at radius 2 is 1.85 bits per heavy atom. The van der Waals surface area contributed by atoms with Crippen molar-refractivity contribution in [1.29, 1.82) is 0 Å². The Morgan fingerprint density at radius 3 is 2.48 bits per heavy atom. The molecular formula is C22H33NO4. The van der Waals surface area contributed by atoms with E-state index in [4.69, 9.17) is 18.9 Å². The lowest BCUT2D eigenvalue weighted by atomic mass is 9.52. The highest BCUT2D eigenvalue weighted by molar-refractivity contribution is 5.59. The maximum atomic E-state index is 6.73. The van der Waals surface area contributed by atoms with Gasteiger partial charge in [0.05, 0.1) is 7.11 Å². The summed E-state index contributed by atoms with van der Waals surface area (Å²) in [6.07, 6.45) is 1.89. The van der Waals surface area contributed by atoms with Crippen LogP contribution in [0.15, 0.2) is 12.1 Å². The van der Waals surface area contributed by atoms with Gasteiger partial charge in [-0.05, 0) is 57.8 Å². The first-order valence-electron chi connectivity index (χ1n) is 10.0. The van der Waals surface area contributed by atoms with Gasteiger partial charge in [-0.15, -0.1) is 0 Å². The van der Waals surface area contributed by atoms with Crippen LogP contribution in [-0.2, 0) is 14.9 Å². The molecule has 1 aromatic rings. The van der Waals surface area contributed by atoms with Crippen LogP contribution in [-0.4, -0.2) is 57.8 Å². The second kappa shape index (κ2) is 6.36. The molecule has 2 heterocycles.